The van der Waals surface area contributed by atoms with Gasteiger partial charge in [0.25, 0.3) is 5.91 Å². The molecule has 5 rings (SSSR count). The third-order valence-corrected chi connectivity index (χ3v) is 5.26. The number of likely N-dealkylation sites (tertiary alicyclic amines) is 1. The fourth-order valence-electron chi connectivity index (χ4n) is 3.49. The zero-order valence-electron chi connectivity index (χ0n) is 17.8. The summed E-state index contributed by atoms with van der Waals surface area (Å²) >= 11 is 0. The monoisotopic (exact) mass is 445 g/mol. The van der Waals surface area contributed by atoms with Gasteiger partial charge in [0.15, 0.2) is 5.76 Å². The molecule has 0 unspecified atom stereocenters. The van der Waals surface area contributed by atoms with Crippen molar-refractivity contribution in [3.8, 4) is 22.8 Å². The molecule has 0 saturated carbocycles. The lowest BCUT2D eigenvalue weighted by atomic mass is 9.98. The number of hydrogen-bond donors (Lipinski definition) is 2. The second-order valence-corrected chi connectivity index (χ2v) is 7.63. The van der Waals surface area contributed by atoms with E-state index in [9.17, 15) is 9.90 Å². The summed E-state index contributed by atoms with van der Waals surface area (Å²) in [5.74, 6) is 0.260. The molecular weight excluding hydrogens is 426 g/mol. The van der Waals surface area contributed by atoms with Crippen molar-refractivity contribution in [1.82, 2.24) is 40.2 Å². The van der Waals surface area contributed by atoms with Crippen LogP contribution in [0.15, 0.2) is 47.2 Å². The Kier molecular flexibility index (Phi) is 4.98. The van der Waals surface area contributed by atoms with Gasteiger partial charge in [0, 0.05) is 32.3 Å². The average molecular weight is 445 g/mol. The lowest BCUT2D eigenvalue weighted by molar-refractivity contribution is -0.144. The molecule has 0 aromatic carbocycles. The van der Waals surface area contributed by atoms with E-state index in [1.807, 2.05) is 0 Å². The van der Waals surface area contributed by atoms with Crippen molar-refractivity contribution in [2.24, 2.45) is 0 Å². The molecule has 1 saturated heterocycles. The molecule has 1 fully saturated rings. The summed E-state index contributed by atoms with van der Waals surface area (Å²) in [7, 11) is 1.63. The van der Waals surface area contributed by atoms with Gasteiger partial charge in [-0.2, -0.15) is 5.10 Å². The number of nitrogens with zero attached hydrogens (tertiary/aromatic N) is 8. The second-order valence-electron chi connectivity index (χ2n) is 7.63. The molecular formula is C21H19N9O3. The lowest BCUT2D eigenvalue weighted by Gasteiger charge is -2.16. The highest BCUT2D eigenvalue weighted by Gasteiger charge is 2.48. The lowest BCUT2D eigenvalue weighted by Crippen LogP contribution is -2.35. The highest BCUT2D eigenvalue weighted by atomic mass is 16.5. The molecule has 33 heavy (non-hydrogen) atoms. The van der Waals surface area contributed by atoms with Crippen molar-refractivity contribution in [1.29, 1.82) is 0 Å². The molecule has 5 heterocycles. The summed E-state index contributed by atoms with van der Waals surface area (Å²) in [5, 5.41) is 25.5. The third kappa shape index (κ3) is 3.87. The van der Waals surface area contributed by atoms with Crippen LogP contribution >= 0.6 is 0 Å². The number of likely N-dealkylation sites (N-methyl/N-ethyl adjacent to an activating group) is 1. The Morgan fingerprint density at radius 1 is 1.09 bits per heavy atom. The molecule has 0 radical (unpaired) electrons. The van der Waals surface area contributed by atoms with Crippen molar-refractivity contribution >= 4 is 17.8 Å². The molecule has 1 aliphatic rings. The van der Waals surface area contributed by atoms with E-state index in [1.165, 1.54) is 11.0 Å². The third-order valence-electron chi connectivity index (χ3n) is 5.26. The highest BCUT2D eigenvalue weighted by Crippen LogP contribution is 2.34. The number of aromatic nitrogens is 7. The van der Waals surface area contributed by atoms with Crippen molar-refractivity contribution in [3.63, 3.8) is 0 Å². The van der Waals surface area contributed by atoms with Crippen LogP contribution in [0.4, 0.5) is 11.9 Å². The van der Waals surface area contributed by atoms with Crippen LogP contribution in [0.1, 0.15) is 17.9 Å². The normalized spacial score (nSPS) is 18.0. The van der Waals surface area contributed by atoms with E-state index in [0.717, 1.165) is 0 Å². The summed E-state index contributed by atoms with van der Waals surface area (Å²) in [6.07, 6.45) is 3.38. The van der Waals surface area contributed by atoms with E-state index in [-0.39, 0.29) is 18.1 Å². The Hall–Kier alpha value is -4.32. The smallest absolute Gasteiger partial charge is 0.262 e. The first-order valence-corrected chi connectivity index (χ1v) is 10.1. The number of amides is 1. The molecule has 0 spiro atoms. The first-order chi connectivity index (χ1) is 15.9. The number of aliphatic hydroxyl groups is 1. The molecule has 4 aromatic rings. The predicted molar refractivity (Wildman–Crippen MR) is 115 cm³/mol. The van der Waals surface area contributed by atoms with Crippen molar-refractivity contribution in [2.45, 2.75) is 18.9 Å². The van der Waals surface area contributed by atoms with Crippen LogP contribution in [0.2, 0.25) is 0 Å². The number of rotatable bonds is 5. The molecule has 2 N–H and O–H groups in total. The Morgan fingerprint density at radius 2 is 1.88 bits per heavy atom. The molecule has 166 valence electrons. The minimum atomic E-state index is -1.71. The van der Waals surface area contributed by atoms with Gasteiger partial charge in [-0.1, -0.05) is 11.2 Å². The minimum Gasteiger partial charge on any atom is -0.373 e. The van der Waals surface area contributed by atoms with E-state index < -0.39 is 11.5 Å². The second kappa shape index (κ2) is 7.98. The Labute approximate surface area is 187 Å². The standard InChI is InChI=1S/C21H19N9O3/c1-12-11-23-28-20(24-12)27-19-22-8-6-15(26-19)13-4-3-5-14(25-13)16-10-17(33-29-16)21(32)7-9-30(2)18(21)31/h3-6,8,10-11,32H,7,9H2,1-2H3,(H,22,24,26,27,28)/t21-/m1/s1. The van der Waals surface area contributed by atoms with E-state index >= 15 is 0 Å². The Balaban J connectivity index is 1.42. The van der Waals surface area contributed by atoms with Gasteiger partial charge in [-0.15, -0.1) is 5.10 Å². The minimum absolute atomic E-state index is 0.0966. The van der Waals surface area contributed by atoms with Crippen LogP contribution in [-0.2, 0) is 10.4 Å². The number of carbonyl (C=O) groups excluding carboxylic acids is 1. The van der Waals surface area contributed by atoms with Gasteiger partial charge in [-0.3, -0.25) is 10.1 Å². The first kappa shape index (κ1) is 20.6. The maximum absolute atomic E-state index is 12.3. The number of nitrogens with one attached hydrogen (secondary N) is 1. The van der Waals surface area contributed by atoms with E-state index in [1.54, 1.807) is 50.6 Å². The number of anilines is 2. The number of hydrogen-bond acceptors (Lipinski definition) is 11. The van der Waals surface area contributed by atoms with Gasteiger partial charge in [-0.25, -0.2) is 19.9 Å². The van der Waals surface area contributed by atoms with Crippen LogP contribution in [0, 0.1) is 6.92 Å². The van der Waals surface area contributed by atoms with Gasteiger partial charge in [0.05, 0.1) is 29.0 Å². The van der Waals surface area contributed by atoms with Crippen molar-refractivity contribution < 1.29 is 14.4 Å². The van der Waals surface area contributed by atoms with Crippen LogP contribution in [0.25, 0.3) is 22.8 Å². The van der Waals surface area contributed by atoms with Crippen LogP contribution in [-0.4, -0.2) is 64.8 Å². The summed E-state index contributed by atoms with van der Waals surface area (Å²) in [5.41, 5.74) is 1.03. The van der Waals surface area contributed by atoms with Gasteiger partial charge in [0.1, 0.15) is 5.69 Å². The van der Waals surface area contributed by atoms with E-state index in [0.29, 0.717) is 41.0 Å². The average Bonchev–Trinajstić information content (AvgIpc) is 3.42. The van der Waals surface area contributed by atoms with Gasteiger partial charge >= 0.3 is 0 Å². The quantitative estimate of drug-likeness (QED) is 0.458. The van der Waals surface area contributed by atoms with Gasteiger partial charge < -0.3 is 14.5 Å². The maximum Gasteiger partial charge on any atom is 0.262 e. The zero-order valence-corrected chi connectivity index (χ0v) is 17.8. The molecule has 12 heteroatoms. The molecule has 0 bridgehead atoms. The van der Waals surface area contributed by atoms with Crippen LogP contribution in [0.3, 0.4) is 0 Å². The van der Waals surface area contributed by atoms with Gasteiger partial charge in [0.2, 0.25) is 17.5 Å². The predicted octanol–water partition coefficient (Wildman–Crippen LogP) is 1.48. The van der Waals surface area contributed by atoms with E-state index in [2.05, 4.69) is 40.6 Å². The first-order valence-electron chi connectivity index (χ1n) is 10.1. The number of pyridine rings is 1. The summed E-state index contributed by atoms with van der Waals surface area (Å²) in [4.78, 5) is 31.3. The SMILES string of the molecule is Cc1cnnc(Nc2nccc(-c3cccc(-c4cc([C@]5(O)CCN(C)C5=O)on4)n3)n2)n1. The molecule has 12 nitrogen and oxygen atoms in total. The molecule has 1 aliphatic heterocycles. The van der Waals surface area contributed by atoms with Crippen molar-refractivity contribution in [2.75, 3.05) is 18.9 Å². The zero-order chi connectivity index (χ0) is 23.0. The maximum atomic E-state index is 12.3. The highest BCUT2D eigenvalue weighted by molar-refractivity contribution is 5.87. The fraction of sp³-hybridized carbons (Fsp3) is 0.238. The summed E-state index contributed by atoms with van der Waals surface area (Å²) < 4.78 is 5.32. The largest absolute Gasteiger partial charge is 0.373 e. The Bertz CT molecular complexity index is 1340. The molecule has 1 atom stereocenters. The van der Waals surface area contributed by atoms with Crippen molar-refractivity contribution in [3.05, 3.63) is 54.2 Å². The summed E-state index contributed by atoms with van der Waals surface area (Å²) in [6.45, 7) is 2.24. The van der Waals surface area contributed by atoms with Gasteiger partial charge in [-0.05, 0) is 25.1 Å². The van der Waals surface area contributed by atoms with Crippen LogP contribution < -0.4 is 5.32 Å². The Morgan fingerprint density at radius 3 is 2.64 bits per heavy atom. The molecule has 0 aliphatic carbocycles. The van der Waals surface area contributed by atoms with Crippen LogP contribution in [0.5, 0.6) is 0 Å². The summed E-state index contributed by atoms with van der Waals surface area (Å²) in [6, 6.07) is 8.61. The molecule has 4 aromatic heterocycles. The number of carbonyl (C=O) groups is 1. The topological polar surface area (TPSA) is 156 Å². The molecule has 1 amide bonds. The van der Waals surface area contributed by atoms with E-state index in [4.69, 9.17) is 4.52 Å². The number of aryl methyl sites for hydroxylation is 1. The fourth-order valence-corrected chi connectivity index (χ4v) is 3.49.